The molecule has 3 aromatic rings. The summed E-state index contributed by atoms with van der Waals surface area (Å²) in [5.41, 5.74) is 2.64. The van der Waals surface area contributed by atoms with Gasteiger partial charge in [-0.3, -0.25) is 14.9 Å². The summed E-state index contributed by atoms with van der Waals surface area (Å²) < 4.78 is 0. The minimum absolute atomic E-state index is 0.0121. The topological polar surface area (TPSA) is 98.0 Å². The van der Waals surface area contributed by atoms with Crippen LogP contribution in [0, 0.1) is 10.1 Å². The van der Waals surface area contributed by atoms with E-state index in [9.17, 15) is 14.9 Å². The van der Waals surface area contributed by atoms with Crippen LogP contribution in [0.2, 0.25) is 0 Å². The van der Waals surface area contributed by atoms with E-state index in [4.69, 9.17) is 0 Å². The van der Waals surface area contributed by atoms with Gasteiger partial charge in [0.15, 0.2) is 5.82 Å². The van der Waals surface area contributed by atoms with Crippen LogP contribution in [-0.4, -0.2) is 27.3 Å². The molecule has 0 fully saturated rings. The fourth-order valence-electron chi connectivity index (χ4n) is 2.55. The van der Waals surface area contributed by atoms with Gasteiger partial charge in [0.05, 0.1) is 11.3 Å². The first-order chi connectivity index (χ1) is 13.1. The molecule has 0 unspecified atom stereocenters. The Morgan fingerprint density at radius 2 is 1.63 bits per heavy atom. The summed E-state index contributed by atoms with van der Waals surface area (Å²) in [6.45, 7) is 0.472. The molecule has 0 bridgehead atoms. The number of nitro groups is 1. The van der Waals surface area contributed by atoms with Gasteiger partial charge >= 0.3 is 0 Å². The lowest BCUT2D eigenvalue weighted by molar-refractivity contribution is -0.384. The SMILES string of the molecule is O=C(Cc1ccc([N+](=O)[O-])cc1)NCCc1cnc(-c2ccccc2)nc1. The van der Waals surface area contributed by atoms with Crippen molar-refractivity contribution in [2.45, 2.75) is 12.8 Å². The van der Waals surface area contributed by atoms with Crippen LogP contribution < -0.4 is 5.32 Å². The van der Waals surface area contributed by atoms with Crippen LogP contribution in [0.15, 0.2) is 67.0 Å². The van der Waals surface area contributed by atoms with Crippen LogP contribution in [-0.2, 0) is 17.6 Å². The lowest BCUT2D eigenvalue weighted by Crippen LogP contribution is -2.27. The van der Waals surface area contributed by atoms with Crippen molar-refractivity contribution in [1.29, 1.82) is 0 Å². The van der Waals surface area contributed by atoms with Crippen LogP contribution in [0.4, 0.5) is 5.69 Å². The lowest BCUT2D eigenvalue weighted by atomic mass is 10.1. The molecule has 0 atom stereocenters. The molecule has 0 aliphatic rings. The van der Waals surface area contributed by atoms with Crippen LogP contribution >= 0.6 is 0 Å². The maximum absolute atomic E-state index is 12.0. The van der Waals surface area contributed by atoms with Crippen LogP contribution in [0.1, 0.15) is 11.1 Å². The van der Waals surface area contributed by atoms with E-state index in [1.807, 2.05) is 30.3 Å². The number of hydrogen-bond donors (Lipinski definition) is 1. The Kier molecular flexibility index (Phi) is 5.84. The fraction of sp³-hybridized carbons (Fsp3) is 0.150. The molecule has 0 saturated heterocycles. The van der Waals surface area contributed by atoms with Gasteiger partial charge in [-0.25, -0.2) is 9.97 Å². The van der Waals surface area contributed by atoms with Gasteiger partial charge in [0, 0.05) is 36.6 Å². The summed E-state index contributed by atoms with van der Waals surface area (Å²) in [7, 11) is 0. The van der Waals surface area contributed by atoms with Gasteiger partial charge in [-0.1, -0.05) is 42.5 Å². The van der Waals surface area contributed by atoms with Crippen molar-refractivity contribution in [2.75, 3.05) is 6.54 Å². The number of carbonyl (C=O) groups excluding carboxylic acids is 1. The summed E-state index contributed by atoms with van der Waals surface area (Å²) in [4.78, 5) is 30.9. The van der Waals surface area contributed by atoms with Crippen molar-refractivity contribution >= 4 is 11.6 Å². The number of carbonyl (C=O) groups is 1. The molecular formula is C20H18N4O3. The maximum Gasteiger partial charge on any atom is 0.269 e. The molecule has 0 aliphatic carbocycles. The minimum Gasteiger partial charge on any atom is -0.355 e. The number of benzene rings is 2. The van der Waals surface area contributed by atoms with E-state index in [2.05, 4.69) is 15.3 Å². The largest absolute Gasteiger partial charge is 0.355 e. The minimum atomic E-state index is -0.463. The summed E-state index contributed by atoms with van der Waals surface area (Å²) in [5, 5.41) is 13.5. The zero-order valence-corrected chi connectivity index (χ0v) is 14.5. The summed E-state index contributed by atoms with van der Waals surface area (Å²) in [6.07, 6.45) is 4.33. The standard InChI is InChI=1S/C20H18N4O3/c25-19(12-15-6-8-18(9-7-15)24(26)27)21-11-10-16-13-22-20(23-14-16)17-4-2-1-3-5-17/h1-9,13-14H,10-12H2,(H,21,25). The fourth-order valence-corrected chi connectivity index (χ4v) is 2.55. The van der Waals surface area contributed by atoms with Gasteiger partial charge in [0.25, 0.3) is 5.69 Å². The third-order valence-electron chi connectivity index (χ3n) is 3.98. The molecule has 1 heterocycles. The molecule has 0 spiro atoms. The molecule has 2 aromatic carbocycles. The zero-order valence-electron chi connectivity index (χ0n) is 14.5. The molecule has 0 radical (unpaired) electrons. The van der Waals surface area contributed by atoms with E-state index in [1.165, 1.54) is 12.1 Å². The van der Waals surface area contributed by atoms with Crippen LogP contribution in [0.3, 0.4) is 0 Å². The van der Waals surface area contributed by atoms with Crippen molar-refractivity contribution in [3.8, 4) is 11.4 Å². The Morgan fingerprint density at radius 1 is 0.963 bits per heavy atom. The van der Waals surface area contributed by atoms with Gasteiger partial charge in [-0.15, -0.1) is 0 Å². The molecule has 1 aromatic heterocycles. The Balaban J connectivity index is 1.46. The third kappa shape index (κ3) is 5.18. The summed E-state index contributed by atoms with van der Waals surface area (Å²) in [6, 6.07) is 15.7. The molecule has 7 heteroatoms. The smallest absolute Gasteiger partial charge is 0.269 e. The number of rotatable bonds is 7. The van der Waals surface area contributed by atoms with Crippen molar-refractivity contribution < 1.29 is 9.72 Å². The van der Waals surface area contributed by atoms with Crippen molar-refractivity contribution in [3.63, 3.8) is 0 Å². The van der Waals surface area contributed by atoms with Crippen molar-refractivity contribution in [2.24, 2.45) is 0 Å². The van der Waals surface area contributed by atoms with E-state index in [-0.39, 0.29) is 18.0 Å². The molecule has 136 valence electrons. The van der Waals surface area contributed by atoms with Crippen LogP contribution in [0.25, 0.3) is 11.4 Å². The molecule has 0 aliphatic heterocycles. The number of aromatic nitrogens is 2. The Hall–Kier alpha value is -3.61. The van der Waals surface area contributed by atoms with Gasteiger partial charge in [-0.2, -0.15) is 0 Å². The number of non-ortho nitro benzene ring substituents is 1. The van der Waals surface area contributed by atoms with E-state index in [1.54, 1.807) is 24.5 Å². The molecule has 0 saturated carbocycles. The summed E-state index contributed by atoms with van der Waals surface area (Å²) >= 11 is 0. The average molecular weight is 362 g/mol. The maximum atomic E-state index is 12.0. The summed E-state index contributed by atoms with van der Waals surface area (Å²) in [5.74, 6) is 0.534. The molecule has 1 N–H and O–H groups in total. The Labute approximate surface area is 156 Å². The number of amides is 1. The number of nitrogens with zero attached hydrogens (tertiary/aromatic N) is 3. The number of hydrogen-bond acceptors (Lipinski definition) is 5. The molecule has 27 heavy (non-hydrogen) atoms. The van der Waals surface area contributed by atoms with E-state index in [0.29, 0.717) is 18.8 Å². The third-order valence-corrected chi connectivity index (χ3v) is 3.98. The molecule has 3 rings (SSSR count). The predicted molar refractivity (Wildman–Crippen MR) is 101 cm³/mol. The van der Waals surface area contributed by atoms with Gasteiger partial charge in [-0.05, 0) is 17.5 Å². The molecule has 1 amide bonds. The van der Waals surface area contributed by atoms with Crippen LogP contribution in [0.5, 0.6) is 0 Å². The second kappa shape index (κ2) is 8.66. The average Bonchev–Trinajstić information content (AvgIpc) is 2.69. The molecule has 7 nitrogen and oxygen atoms in total. The van der Waals surface area contributed by atoms with Gasteiger partial charge < -0.3 is 5.32 Å². The Bertz CT molecular complexity index is 910. The number of nitro benzene ring substituents is 1. The lowest BCUT2D eigenvalue weighted by Gasteiger charge is -2.06. The zero-order chi connectivity index (χ0) is 19.1. The predicted octanol–water partition coefficient (Wildman–Crippen LogP) is 2.95. The van der Waals surface area contributed by atoms with E-state index < -0.39 is 4.92 Å². The normalized spacial score (nSPS) is 10.4. The second-order valence-corrected chi connectivity index (χ2v) is 5.98. The first kappa shape index (κ1) is 18.2. The van der Waals surface area contributed by atoms with E-state index in [0.717, 1.165) is 16.7 Å². The molecular weight excluding hydrogens is 344 g/mol. The second-order valence-electron chi connectivity index (χ2n) is 5.98. The monoisotopic (exact) mass is 362 g/mol. The van der Waals surface area contributed by atoms with E-state index >= 15 is 0 Å². The first-order valence-electron chi connectivity index (χ1n) is 8.48. The van der Waals surface area contributed by atoms with Gasteiger partial charge in [0.2, 0.25) is 5.91 Å². The highest BCUT2D eigenvalue weighted by Crippen LogP contribution is 2.14. The highest BCUT2D eigenvalue weighted by Gasteiger charge is 2.07. The highest BCUT2D eigenvalue weighted by atomic mass is 16.6. The number of nitrogens with one attached hydrogen (secondary N) is 1. The van der Waals surface area contributed by atoms with Gasteiger partial charge in [0.1, 0.15) is 0 Å². The van der Waals surface area contributed by atoms with Crippen molar-refractivity contribution in [1.82, 2.24) is 15.3 Å². The van der Waals surface area contributed by atoms with Crippen molar-refractivity contribution in [3.05, 3.63) is 88.2 Å². The Morgan fingerprint density at radius 3 is 2.26 bits per heavy atom. The highest BCUT2D eigenvalue weighted by molar-refractivity contribution is 5.78. The first-order valence-corrected chi connectivity index (χ1v) is 8.48. The quantitative estimate of drug-likeness (QED) is 0.515.